The van der Waals surface area contributed by atoms with Crippen molar-refractivity contribution in [1.29, 1.82) is 5.26 Å². The smallest absolute Gasteiger partial charge is 0.417 e. The van der Waals surface area contributed by atoms with Gasteiger partial charge in [0.15, 0.2) is 0 Å². The van der Waals surface area contributed by atoms with Crippen LogP contribution in [0.3, 0.4) is 0 Å². The lowest BCUT2D eigenvalue weighted by molar-refractivity contribution is -0.137. The van der Waals surface area contributed by atoms with E-state index in [4.69, 9.17) is 23.2 Å². The van der Waals surface area contributed by atoms with Crippen LogP contribution in [0.2, 0.25) is 10.0 Å². The fraction of sp³-hybridized carbons (Fsp3) is 0.0625. The number of phenolic OH excluding ortho intramolecular Hbond substituents is 1. The van der Waals surface area contributed by atoms with Gasteiger partial charge in [-0.2, -0.15) is 18.4 Å². The summed E-state index contributed by atoms with van der Waals surface area (Å²) < 4.78 is 39.2. The molecule has 2 nitrogen and oxygen atoms in total. The summed E-state index contributed by atoms with van der Waals surface area (Å²) in [7, 11) is 0. The number of nitriles is 1. The molecule has 0 aliphatic heterocycles. The van der Waals surface area contributed by atoms with Crippen LogP contribution < -0.4 is 0 Å². The molecule has 2 aromatic rings. The maximum absolute atomic E-state index is 13.1. The number of phenols is 1. The fourth-order valence-corrected chi connectivity index (χ4v) is 2.46. The zero-order valence-corrected chi connectivity index (χ0v) is 12.8. The Morgan fingerprint density at radius 2 is 1.83 bits per heavy atom. The first-order chi connectivity index (χ1) is 10.7. The van der Waals surface area contributed by atoms with Crippen molar-refractivity contribution in [1.82, 2.24) is 0 Å². The molecular formula is C16H8Cl2F3NO. The molecule has 1 N–H and O–H groups in total. The summed E-state index contributed by atoms with van der Waals surface area (Å²) in [5.74, 6) is -0.516. The van der Waals surface area contributed by atoms with Crippen LogP contribution in [0, 0.1) is 11.3 Å². The quantitative estimate of drug-likeness (QED) is 0.546. The van der Waals surface area contributed by atoms with Crippen LogP contribution in [-0.4, -0.2) is 5.11 Å². The van der Waals surface area contributed by atoms with Gasteiger partial charge in [-0.25, -0.2) is 0 Å². The predicted octanol–water partition coefficient (Wildman–Crippen LogP) is 5.78. The molecule has 7 heteroatoms. The van der Waals surface area contributed by atoms with Crippen LogP contribution >= 0.6 is 23.2 Å². The minimum absolute atomic E-state index is 0.0529. The Kier molecular flexibility index (Phi) is 4.88. The van der Waals surface area contributed by atoms with Gasteiger partial charge in [-0.1, -0.05) is 35.3 Å². The fourth-order valence-electron chi connectivity index (χ4n) is 1.95. The lowest BCUT2D eigenvalue weighted by Gasteiger charge is -2.11. The van der Waals surface area contributed by atoms with E-state index in [-0.39, 0.29) is 21.7 Å². The van der Waals surface area contributed by atoms with Crippen molar-refractivity contribution in [3.63, 3.8) is 0 Å². The summed E-state index contributed by atoms with van der Waals surface area (Å²) in [5, 5.41) is 19.0. The van der Waals surface area contributed by atoms with E-state index in [1.807, 2.05) is 6.07 Å². The van der Waals surface area contributed by atoms with Gasteiger partial charge in [0.1, 0.15) is 5.75 Å². The molecule has 0 atom stereocenters. The molecule has 118 valence electrons. The number of rotatable bonds is 2. The molecule has 0 spiro atoms. The van der Waals surface area contributed by atoms with Gasteiger partial charge in [0.25, 0.3) is 0 Å². The Balaban J connectivity index is 2.62. The van der Waals surface area contributed by atoms with Crippen LogP contribution in [0.5, 0.6) is 5.75 Å². The van der Waals surface area contributed by atoms with Gasteiger partial charge in [-0.05, 0) is 35.9 Å². The van der Waals surface area contributed by atoms with E-state index in [0.717, 1.165) is 18.2 Å². The van der Waals surface area contributed by atoms with Gasteiger partial charge in [0.05, 0.1) is 22.2 Å². The summed E-state index contributed by atoms with van der Waals surface area (Å²) in [6.45, 7) is 0. The molecule has 2 aromatic carbocycles. The molecule has 0 aromatic heterocycles. The topological polar surface area (TPSA) is 44.0 Å². The molecule has 0 saturated carbocycles. The lowest BCUT2D eigenvalue weighted by Crippen LogP contribution is -2.07. The molecule has 23 heavy (non-hydrogen) atoms. The van der Waals surface area contributed by atoms with E-state index >= 15 is 0 Å². The van der Waals surface area contributed by atoms with Crippen molar-refractivity contribution in [3.8, 4) is 11.8 Å². The number of hydrogen-bond donors (Lipinski definition) is 1. The summed E-state index contributed by atoms with van der Waals surface area (Å²) in [5.41, 5.74) is -1.09. The van der Waals surface area contributed by atoms with E-state index in [1.165, 1.54) is 18.2 Å². The van der Waals surface area contributed by atoms with Gasteiger partial charge in [-0.15, -0.1) is 0 Å². The first-order valence-electron chi connectivity index (χ1n) is 6.20. The normalized spacial score (nSPS) is 12.1. The van der Waals surface area contributed by atoms with Crippen LogP contribution in [0.25, 0.3) is 11.6 Å². The molecule has 0 saturated heterocycles. The van der Waals surface area contributed by atoms with Crippen LogP contribution in [0.1, 0.15) is 16.7 Å². The number of aromatic hydroxyl groups is 1. The molecule has 0 heterocycles. The Bertz CT molecular complexity index is 823. The molecule has 0 bridgehead atoms. The van der Waals surface area contributed by atoms with Gasteiger partial charge >= 0.3 is 6.18 Å². The summed E-state index contributed by atoms with van der Waals surface area (Å²) >= 11 is 11.7. The first kappa shape index (κ1) is 17.2. The maximum atomic E-state index is 13.1. The van der Waals surface area contributed by atoms with Crippen LogP contribution in [0.4, 0.5) is 13.2 Å². The molecule has 0 radical (unpaired) electrons. The van der Waals surface area contributed by atoms with E-state index in [9.17, 15) is 23.5 Å². The number of allylic oxidation sites excluding steroid dienone is 1. The summed E-state index contributed by atoms with van der Waals surface area (Å²) in [4.78, 5) is 0. The van der Waals surface area contributed by atoms with Gasteiger partial charge in [-0.3, -0.25) is 0 Å². The van der Waals surface area contributed by atoms with Crippen molar-refractivity contribution >= 4 is 34.9 Å². The highest BCUT2D eigenvalue weighted by molar-refractivity contribution is 6.36. The zero-order chi connectivity index (χ0) is 17.2. The van der Waals surface area contributed by atoms with Crippen LogP contribution in [-0.2, 0) is 6.18 Å². The van der Waals surface area contributed by atoms with E-state index in [1.54, 1.807) is 0 Å². The Labute approximate surface area is 140 Å². The minimum atomic E-state index is -4.67. The predicted molar refractivity (Wildman–Crippen MR) is 83.1 cm³/mol. The standard InChI is InChI=1S/C16H8Cl2F3NO/c17-11-2-4-13(15(18)6-11)10(8-22)5-9-1-3-12(23)7-14(9)16(19,20)21/h1-7,23H. The van der Waals surface area contributed by atoms with E-state index < -0.39 is 17.5 Å². The van der Waals surface area contributed by atoms with Gasteiger partial charge in [0.2, 0.25) is 0 Å². The highest BCUT2D eigenvalue weighted by Gasteiger charge is 2.33. The average Bonchev–Trinajstić information content (AvgIpc) is 2.45. The Morgan fingerprint density at radius 1 is 1.13 bits per heavy atom. The Hall–Kier alpha value is -2.16. The van der Waals surface area contributed by atoms with E-state index in [2.05, 4.69) is 0 Å². The van der Waals surface area contributed by atoms with Crippen molar-refractivity contribution < 1.29 is 18.3 Å². The zero-order valence-electron chi connectivity index (χ0n) is 11.3. The molecule has 0 unspecified atom stereocenters. The number of benzene rings is 2. The third kappa shape index (κ3) is 3.98. The second kappa shape index (κ2) is 6.53. The number of halogens is 5. The van der Waals surface area contributed by atoms with E-state index in [0.29, 0.717) is 11.1 Å². The molecule has 2 rings (SSSR count). The second-order valence-electron chi connectivity index (χ2n) is 4.56. The second-order valence-corrected chi connectivity index (χ2v) is 5.41. The highest BCUT2D eigenvalue weighted by Crippen LogP contribution is 2.36. The van der Waals surface area contributed by atoms with Crippen molar-refractivity contribution in [2.24, 2.45) is 0 Å². The SMILES string of the molecule is N#CC(=Cc1ccc(O)cc1C(F)(F)F)c1ccc(Cl)cc1Cl. The van der Waals surface area contributed by atoms with Crippen molar-refractivity contribution in [3.05, 3.63) is 63.1 Å². The summed E-state index contributed by atoms with van der Waals surface area (Å²) in [6.07, 6.45) is -3.60. The minimum Gasteiger partial charge on any atom is -0.508 e. The number of alkyl halides is 3. The number of nitrogens with zero attached hydrogens (tertiary/aromatic N) is 1. The Morgan fingerprint density at radius 3 is 2.39 bits per heavy atom. The molecule has 0 aliphatic carbocycles. The highest BCUT2D eigenvalue weighted by atomic mass is 35.5. The van der Waals surface area contributed by atoms with Crippen molar-refractivity contribution in [2.75, 3.05) is 0 Å². The molecular weight excluding hydrogens is 350 g/mol. The monoisotopic (exact) mass is 357 g/mol. The molecule has 0 aliphatic rings. The van der Waals surface area contributed by atoms with Crippen molar-refractivity contribution in [2.45, 2.75) is 6.18 Å². The average molecular weight is 358 g/mol. The maximum Gasteiger partial charge on any atom is 0.417 e. The summed E-state index contributed by atoms with van der Waals surface area (Å²) in [6, 6.07) is 8.95. The van der Waals surface area contributed by atoms with Crippen LogP contribution in [0.15, 0.2) is 36.4 Å². The lowest BCUT2D eigenvalue weighted by atomic mass is 10.00. The first-order valence-corrected chi connectivity index (χ1v) is 6.95. The molecule has 0 fully saturated rings. The third-order valence-electron chi connectivity index (χ3n) is 2.98. The number of hydrogen-bond acceptors (Lipinski definition) is 2. The molecule has 0 amide bonds. The third-order valence-corrected chi connectivity index (χ3v) is 3.53. The van der Waals surface area contributed by atoms with Gasteiger partial charge in [0, 0.05) is 10.6 Å². The van der Waals surface area contributed by atoms with Gasteiger partial charge < -0.3 is 5.11 Å². The largest absolute Gasteiger partial charge is 0.508 e.